The van der Waals surface area contributed by atoms with Crippen molar-refractivity contribution in [3.05, 3.63) is 21.8 Å². The maximum absolute atomic E-state index is 4.83. The van der Waals surface area contributed by atoms with E-state index < -0.39 is 0 Å². The lowest BCUT2D eigenvalue weighted by Gasteiger charge is -2.04. The zero-order chi connectivity index (χ0) is 13.4. The molecule has 3 heterocycles. The van der Waals surface area contributed by atoms with E-state index in [1.54, 1.807) is 11.3 Å². The molecule has 5 heteroatoms. The molecule has 0 aliphatic carbocycles. The largest absolute Gasteiger partial charge is 0.308 e. The lowest BCUT2D eigenvalue weighted by atomic mass is 10.1. The van der Waals surface area contributed by atoms with Crippen molar-refractivity contribution in [1.82, 2.24) is 20.1 Å². The van der Waals surface area contributed by atoms with Gasteiger partial charge in [0.2, 0.25) is 0 Å². The van der Waals surface area contributed by atoms with Crippen molar-refractivity contribution in [1.29, 1.82) is 0 Å². The molecule has 2 aromatic heterocycles. The van der Waals surface area contributed by atoms with Crippen molar-refractivity contribution < 1.29 is 0 Å². The zero-order valence-electron chi connectivity index (χ0n) is 11.7. The van der Waals surface area contributed by atoms with Crippen LogP contribution in [0.2, 0.25) is 0 Å². The number of hydrogen-bond donors (Lipinski definition) is 1. The van der Waals surface area contributed by atoms with Crippen molar-refractivity contribution in [3.8, 4) is 11.3 Å². The number of nitrogens with one attached hydrogen (secondary N) is 1. The number of rotatable bonds is 3. The van der Waals surface area contributed by atoms with Crippen LogP contribution >= 0.6 is 11.3 Å². The standard InChI is InChI=1S/C14H20N4S/c1-4-18-10(3)13(9(2)17-18)12-8-19-14(16-12)11-6-5-7-15-11/h8,11,15H,4-7H2,1-3H3. The highest BCUT2D eigenvalue weighted by molar-refractivity contribution is 7.10. The van der Waals surface area contributed by atoms with Crippen LogP contribution in [0.5, 0.6) is 0 Å². The van der Waals surface area contributed by atoms with Gasteiger partial charge in [-0.15, -0.1) is 11.3 Å². The second-order valence-electron chi connectivity index (χ2n) is 5.08. The van der Waals surface area contributed by atoms with Crippen LogP contribution in [0.1, 0.15) is 42.2 Å². The molecule has 0 radical (unpaired) electrons. The Morgan fingerprint density at radius 2 is 2.32 bits per heavy atom. The predicted molar refractivity (Wildman–Crippen MR) is 78.5 cm³/mol. The smallest absolute Gasteiger partial charge is 0.110 e. The summed E-state index contributed by atoms with van der Waals surface area (Å²) in [7, 11) is 0. The normalized spacial score (nSPS) is 19.2. The van der Waals surface area contributed by atoms with Gasteiger partial charge in [-0.2, -0.15) is 5.10 Å². The van der Waals surface area contributed by atoms with Gasteiger partial charge in [0.15, 0.2) is 0 Å². The lowest BCUT2D eigenvalue weighted by molar-refractivity contribution is 0.634. The number of aryl methyl sites for hydroxylation is 2. The van der Waals surface area contributed by atoms with Crippen molar-refractivity contribution in [2.45, 2.75) is 46.2 Å². The highest BCUT2D eigenvalue weighted by atomic mass is 32.1. The second kappa shape index (κ2) is 5.06. The highest BCUT2D eigenvalue weighted by Crippen LogP contribution is 2.32. The molecule has 1 aliphatic heterocycles. The summed E-state index contributed by atoms with van der Waals surface area (Å²) in [6.45, 7) is 8.35. The molecule has 1 N–H and O–H groups in total. The summed E-state index contributed by atoms with van der Waals surface area (Å²) in [6, 6.07) is 0.459. The first-order valence-corrected chi connectivity index (χ1v) is 7.82. The van der Waals surface area contributed by atoms with E-state index in [9.17, 15) is 0 Å². The maximum Gasteiger partial charge on any atom is 0.110 e. The molecule has 0 bridgehead atoms. The molecule has 19 heavy (non-hydrogen) atoms. The highest BCUT2D eigenvalue weighted by Gasteiger charge is 2.21. The van der Waals surface area contributed by atoms with Crippen LogP contribution in [-0.4, -0.2) is 21.3 Å². The van der Waals surface area contributed by atoms with E-state index in [4.69, 9.17) is 4.98 Å². The summed E-state index contributed by atoms with van der Waals surface area (Å²) < 4.78 is 2.05. The van der Waals surface area contributed by atoms with E-state index in [1.165, 1.54) is 29.1 Å². The summed E-state index contributed by atoms with van der Waals surface area (Å²) in [4.78, 5) is 4.83. The minimum absolute atomic E-state index is 0.459. The fourth-order valence-corrected chi connectivity index (χ4v) is 3.75. The van der Waals surface area contributed by atoms with Gasteiger partial charge in [-0.05, 0) is 40.2 Å². The van der Waals surface area contributed by atoms with Gasteiger partial charge in [-0.25, -0.2) is 4.98 Å². The number of thiazole rings is 1. The van der Waals surface area contributed by atoms with Crippen molar-refractivity contribution in [3.63, 3.8) is 0 Å². The average Bonchev–Trinajstić information content (AvgIpc) is 3.08. The van der Waals surface area contributed by atoms with Crippen molar-refractivity contribution in [2.75, 3.05) is 6.54 Å². The van der Waals surface area contributed by atoms with Crippen LogP contribution in [-0.2, 0) is 6.54 Å². The van der Waals surface area contributed by atoms with Crippen molar-refractivity contribution in [2.24, 2.45) is 0 Å². The average molecular weight is 276 g/mol. The first-order chi connectivity index (χ1) is 9.20. The summed E-state index contributed by atoms with van der Waals surface area (Å²) in [5, 5.41) is 11.5. The molecule has 4 nitrogen and oxygen atoms in total. The Morgan fingerprint density at radius 3 is 2.95 bits per heavy atom. The van der Waals surface area contributed by atoms with E-state index in [0.29, 0.717) is 6.04 Å². The van der Waals surface area contributed by atoms with Crippen molar-refractivity contribution >= 4 is 11.3 Å². The minimum Gasteiger partial charge on any atom is -0.308 e. The molecule has 1 fully saturated rings. The summed E-state index contributed by atoms with van der Waals surface area (Å²) >= 11 is 1.77. The summed E-state index contributed by atoms with van der Waals surface area (Å²) in [5.41, 5.74) is 4.59. The molecule has 1 saturated heterocycles. The Labute approximate surface area is 117 Å². The number of hydrogen-bond acceptors (Lipinski definition) is 4. The maximum atomic E-state index is 4.83. The Balaban J connectivity index is 1.96. The summed E-state index contributed by atoms with van der Waals surface area (Å²) in [6.07, 6.45) is 2.46. The second-order valence-corrected chi connectivity index (χ2v) is 5.97. The first-order valence-electron chi connectivity index (χ1n) is 6.94. The molecular weight excluding hydrogens is 256 g/mol. The van der Waals surface area contributed by atoms with E-state index >= 15 is 0 Å². The van der Waals surface area contributed by atoms with Gasteiger partial charge in [-0.3, -0.25) is 4.68 Å². The minimum atomic E-state index is 0.459. The van der Waals surface area contributed by atoms with Gasteiger partial charge < -0.3 is 5.32 Å². The van der Waals surface area contributed by atoms with Crippen LogP contribution in [0.25, 0.3) is 11.3 Å². The third-order valence-corrected chi connectivity index (χ3v) is 4.78. The lowest BCUT2D eigenvalue weighted by Crippen LogP contribution is -2.12. The van der Waals surface area contributed by atoms with Crippen LogP contribution in [0.4, 0.5) is 0 Å². The number of nitrogens with zero attached hydrogens (tertiary/aromatic N) is 3. The van der Waals surface area contributed by atoms with Gasteiger partial charge in [0, 0.05) is 23.2 Å². The van der Waals surface area contributed by atoms with Crippen LogP contribution < -0.4 is 5.32 Å². The SMILES string of the molecule is CCn1nc(C)c(-c2csc(C3CCCN3)n2)c1C. The third-order valence-electron chi connectivity index (χ3n) is 3.82. The molecule has 2 aromatic rings. The molecular formula is C14H20N4S. The van der Waals surface area contributed by atoms with E-state index in [-0.39, 0.29) is 0 Å². The molecule has 1 aliphatic rings. The first kappa shape index (κ1) is 12.8. The molecule has 0 aromatic carbocycles. The Hall–Kier alpha value is -1.20. The van der Waals surface area contributed by atoms with Gasteiger partial charge in [0.05, 0.1) is 17.4 Å². The fourth-order valence-electron chi connectivity index (χ4n) is 2.83. The van der Waals surface area contributed by atoms with Crippen LogP contribution in [0.15, 0.2) is 5.38 Å². The topological polar surface area (TPSA) is 42.7 Å². The zero-order valence-corrected chi connectivity index (χ0v) is 12.5. The molecule has 0 amide bonds. The Morgan fingerprint density at radius 1 is 1.47 bits per heavy atom. The third kappa shape index (κ3) is 2.21. The Kier molecular flexibility index (Phi) is 3.41. The molecule has 102 valence electrons. The summed E-state index contributed by atoms with van der Waals surface area (Å²) in [5.74, 6) is 0. The molecule has 1 unspecified atom stereocenters. The van der Waals surface area contributed by atoms with Crippen LogP contribution in [0, 0.1) is 13.8 Å². The molecule has 1 atom stereocenters. The van der Waals surface area contributed by atoms with Gasteiger partial charge >= 0.3 is 0 Å². The van der Waals surface area contributed by atoms with Crippen LogP contribution in [0.3, 0.4) is 0 Å². The predicted octanol–water partition coefficient (Wildman–Crippen LogP) is 3.07. The number of aromatic nitrogens is 3. The molecule has 3 rings (SSSR count). The van der Waals surface area contributed by atoms with E-state index in [0.717, 1.165) is 24.5 Å². The van der Waals surface area contributed by atoms with E-state index in [1.807, 2.05) is 0 Å². The fraction of sp³-hybridized carbons (Fsp3) is 0.571. The molecule has 0 saturated carbocycles. The van der Waals surface area contributed by atoms with Gasteiger partial charge in [0.1, 0.15) is 5.01 Å². The quantitative estimate of drug-likeness (QED) is 0.937. The van der Waals surface area contributed by atoms with Gasteiger partial charge in [0.25, 0.3) is 0 Å². The Bertz CT molecular complexity index is 578. The molecule has 0 spiro atoms. The monoisotopic (exact) mass is 276 g/mol. The van der Waals surface area contributed by atoms with Gasteiger partial charge in [-0.1, -0.05) is 0 Å². The van der Waals surface area contributed by atoms with E-state index in [2.05, 4.69) is 41.2 Å².